The van der Waals surface area contributed by atoms with Crippen molar-refractivity contribution in [3.63, 3.8) is 0 Å². The van der Waals surface area contributed by atoms with Crippen LogP contribution in [0.3, 0.4) is 0 Å². The van der Waals surface area contributed by atoms with Crippen molar-refractivity contribution in [1.82, 2.24) is 0 Å². The third kappa shape index (κ3) is 3.25. The van der Waals surface area contributed by atoms with Crippen molar-refractivity contribution in [2.24, 2.45) is 15.5 Å². The molecule has 0 saturated carbocycles. The largest absolute Gasteiger partial charge is 0.492 e. The first-order valence-corrected chi connectivity index (χ1v) is 8.91. The van der Waals surface area contributed by atoms with E-state index in [4.69, 9.17) is 10.5 Å². The SMILES string of the molecule is CCC(CC)(CO)COc1cccc2c1C(N)=NS(=O)(=O)C2. The Labute approximate surface area is 131 Å². The molecular weight excluding hydrogens is 304 g/mol. The van der Waals surface area contributed by atoms with Gasteiger partial charge in [-0.05, 0) is 24.5 Å². The monoisotopic (exact) mass is 326 g/mol. The highest BCUT2D eigenvalue weighted by atomic mass is 32.2. The van der Waals surface area contributed by atoms with Crippen LogP contribution < -0.4 is 10.5 Å². The van der Waals surface area contributed by atoms with Gasteiger partial charge in [0.15, 0.2) is 0 Å². The highest BCUT2D eigenvalue weighted by molar-refractivity contribution is 7.89. The molecule has 0 radical (unpaired) electrons. The molecule has 122 valence electrons. The summed E-state index contributed by atoms with van der Waals surface area (Å²) in [6, 6.07) is 5.19. The molecule has 0 bridgehead atoms. The Hall–Kier alpha value is -1.60. The Morgan fingerprint density at radius 2 is 2.05 bits per heavy atom. The number of amidine groups is 1. The number of fused-ring (bicyclic) bond motifs is 1. The van der Waals surface area contributed by atoms with Crippen molar-refractivity contribution in [1.29, 1.82) is 0 Å². The van der Waals surface area contributed by atoms with Crippen molar-refractivity contribution >= 4 is 15.9 Å². The maximum Gasteiger partial charge on any atom is 0.259 e. The number of nitrogens with two attached hydrogens (primary N) is 1. The minimum absolute atomic E-state index is 0.0347. The summed E-state index contributed by atoms with van der Waals surface area (Å²) in [6.07, 6.45) is 1.57. The van der Waals surface area contributed by atoms with Crippen LogP contribution >= 0.6 is 0 Å². The molecule has 0 atom stereocenters. The van der Waals surface area contributed by atoms with Crippen molar-refractivity contribution in [3.8, 4) is 5.75 Å². The summed E-state index contributed by atoms with van der Waals surface area (Å²) in [5.41, 5.74) is 6.62. The first kappa shape index (κ1) is 16.8. The lowest BCUT2D eigenvalue weighted by atomic mass is 9.84. The second-order valence-corrected chi connectivity index (χ2v) is 7.28. The molecule has 1 aliphatic rings. The van der Waals surface area contributed by atoms with Crippen LogP contribution in [0.2, 0.25) is 0 Å². The van der Waals surface area contributed by atoms with Crippen LogP contribution in [0.5, 0.6) is 5.75 Å². The van der Waals surface area contributed by atoms with Gasteiger partial charge in [-0.15, -0.1) is 4.40 Å². The van der Waals surface area contributed by atoms with E-state index in [0.717, 1.165) is 12.8 Å². The zero-order valence-corrected chi connectivity index (χ0v) is 13.7. The predicted molar refractivity (Wildman–Crippen MR) is 85.4 cm³/mol. The fourth-order valence-electron chi connectivity index (χ4n) is 2.49. The van der Waals surface area contributed by atoms with E-state index in [9.17, 15) is 13.5 Å². The summed E-state index contributed by atoms with van der Waals surface area (Å²) in [6.45, 7) is 4.39. The van der Waals surface area contributed by atoms with Crippen LogP contribution in [0.4, 0.5) is 0 Å². The minimum atomic E-state index is -3.55. The smallest absolute Gasteiger partial charge is 0.259 e. The van der Waals surface area contributed by atoms with E-state index < -0.39 is 10.0 Å². The number of rotatable bonds is 6. The summed E-state index contributed by atoms with van der Waals surface area (Å²) in [7, 11) is -3.55. The molecule has 7 heteroatoms. The molecular formula is C15H22N2O4S. The van der Waals surface area contributed by atoms with E-state index in [0.29, 0.717) is 23.5 Å². The third-order valence-corrected chi connectivity index (χ3v) is 5.46. The van der Waals surface area contributed by atoms with Crippen LogP contribution in [0.15, 0.2) is 22.6 Å². The minimum Gasteiger partial charge on any atom is -0.492 e. The van der Waals surface area contributed by atoms with Gasteiger partial charge in [-0.3, -0.25) is 0 Å². The van der Waals surface area contributed by atoms with Gasteiger partial charge in [0, 0.05) is 5.41 Å². The molecule has 2 rings (SSSR count). The number of hydrogen-bond acceptors (Lipinski definition) is 5. The first-order chi connectivity index (χ1) is 10.4. The first-order valence-electron chi connectivity index (χ1n) is 7.30. The van der Waals surface area contributed by atoms with E-state index in [1.165, 1.54) is 0 Å². The highest BCUT2D eigenvalue weighted by Gasteiger charge is 2.29. The summed E-state index contributed by atoms with van der Waals surface area (Å²) in [4.78, 5) is 0. The second kappa shape index (κ2) is 6.26. The fraction of sp³-hybridized carbons (Fsp3) is 0.533. The molecule has 22 heavy (non-hydrogen) atoms. The zero-order valence-electron chi connectivity index (χ0n) is 12.9. The molecule has 1 aromatic carbocycles. The normalized spacial score (nSPS) is 16.8. The molecule has 0 fully saturated rings. The molecule has 6 nitrogen and oxygen atoms in total. The van der Waals surface area contributed by atoms with Gasteiger partial charge < -0.3 is 15.6 Å². The maximum absolute atomic E-state index is 11.6. The summed E-state index contributed by atoms with van der Waals surface area (Å²) in [5.74, 6) is 0.292. The standard InChI is InChI=1S/C15H22N2O4S/c1-3-15(4-2,9-18)10-21-12-7-5-6-11-8-22(19,20)17-14(16)13(11)12/h5-7,18H,3-4,8-10H2,1-2H3,(H2,16,17). The summed E-state index contributed by atoms with van der Waals surface area (Å²) < 4.78 is 32.7. The average molecular weight is 326 g/mol. The Morgan fingerprint density at radius 1 is 1.36 bits per heavy atom. The number of aliphatic hydroxyl groups excluding tert-OH is 1. The lowest BCUT2D eigenvalue weighted by Crippen LogP contribution is -2.32. The molecule has 0 spiro atoms. The van der Waals surface area contributed by atoms with Gasteiger partial charge in [-0.25, -0.2) is 8.42 Å². The average Bonchev–Trinajstić information content (AvgIpc) is 2.47. The van der Waals surface area contributed by atoms with E-state index in [-0.39, 0.29) is 23.6 Å². The molecule has 0 aliphatic carbocycles. The van der Waals surface area contributed by atoms with Crippen LogP contribution in [0.25, 0.3) is 0 Å². The summed E-state index contributed by atoms with van der Waals surface area (Å²) in [5, 5.41) is 9.61. The van der Waals surface area contributed by atoms with Gasteiger partial charge in [0.05, 0.1) is 24.5 Å². The Balaban J connectivity index is 2.32. The predicted octanol–water partition coefficient (Wildman–Crippen LogP) is 1.41. The van der Waals surface area contributed by atoms with Crippen molar-refractivity contribution in [2.75, 3.05) is 13.2 Å². The number of ether oxygens (including phenoxy) is 1. The number of hydrogen-bond donors (Lipinski definition) is 2. The van der Waals surface area contributed by atoms with Gasteiger partial charge in [-0.1, -0.05) is 26.0 Å². The Morgan fingerprint density at radius 3 is 2.64 bits per heavy atom. The number of aliphatic hydroxyl groups is 1. The molecule has 0 aromatic heterocycles. The Bertz CT molecular complexity index is 671. The van der Waals surface area contributed by atoms with Gasteiger partial charge in [0.1, 0.15) is 11.6 Å². The van der Waals surface area contributed by atoms with E-state index in [1.54, 1.807) is 18.2 Å². The highest BCUT2D eigenvalue weighted by Crippen LogP contribution is 2.31. The lowest BCUT2D eigenvalue weighted by molar-refractivity contribution is 0.0588. The number of sulfonamides is 1. The van der Waals surface area contributed by atoms with E-state index in [2.05, 4.69) is 4.40 Å². The molecule has 0 amide bonds. The quantitative estimate of drug-likeness (QED) is 0.823. The van der Waals surface area contributed by atoms with Crippen molar-refractivity contribution < 1.29 is 18.3 Å². The van der Waals surface area contributed by atoms with Crippen LogP contribution in [-0.4, -0.2) is 32.6 Å². The van der Waals surface area contributed by atoms with Crippen molar-refractivity contribution in [2.45, 2.75) is 32.4 Å². The fourth-order valence-corrected chi connectivity index (χ4v) is 3.58. The van der Waals surface area contributed by atoms with E-state index in [1.807, 2.05) is 13.8 Å². The van der Waals surface area contributed by atoms with Crippen molar-refractivity contribution in [3.05, 3.63) is 29.3 Å². The molecule has 3 N–H and O–H groups in total. The molecule has 1 aliphatic heterocycles. The second-order valence-electron chi connectivity index (χ2n) is 5.65. The third-order valence-electron chi connectivity index (χ3n) is 4.31. The Kier molecular flexibility index (Phi) is 4.77. The van der Waals surface area contributed by atoms with Crippen LogP contribution in [0, 0.1) is 5.41 Å². The number of benzene rings is 1. The van der Waals surface area contributed by atoms with Crippen LogP contribution in [-0.2, 0) is 15.8 Å². The number of nitrogens with zero attached hydrogens (tertiary/aromatic N) is 1. The molecule has 1 heterocycles. The molecule has 1 aromatic rings. The van der Waals surface area contributed by atoms with Gasteiger partial charge in [-0.2, -0.15) is 0 Å². The molecule has 0 saturated heterocycles. The zero-order chi connectivity index (χ0) is 16.4. The summed E-state index contributed by atoms with van der Waals surface area (Å²) >= 11 is 0. The lowest BCUT2D eigenvalue weighted by Gasteiger charge is -2.30. The van der Waals surface area contributed by atoms with Gasteiger partial charge >= 0.3 is 0 Å². The molecule has 0 unspecified atom stereocenters. The van der Waals surface area contributed by atoms with Gasteiger partial charge in [0.2, 0.25) is 0 Å². The van der Waals surface area contributed by atoms with E-state index >= 15 is 0 Å². The van der Waals surface area contributed by atoms with Gasteiger partial charge in [0.25, 0.3) is 10.0 Å². The maximum atomic E-state index is 11.6. The van der Waals surface area contributed by atoms with Crippen LogP contribution in [0.1, 0.15) is 37.8 Å². The topological polar surface area (TPSA) is 102 Å².